The lowest BCUT2D eigenvalue weighted by molar-refractivity contribution is 0.279. The summed E-state index contributed by atoms with van der Waals surface area (Å²) >= 11 is 0. The maximum atomic E-state index is 13.2. The first kappa shape index (κ1) is 23.2. The summed E-state index contributed by atoms with van der Waals surface area (Å²) in [6.07, 6.45) is 3.09. The van der Waals surface area contributed by atoms with Crippen molar-refractivity contribution in [1.82, 2.24) is 9.78 Å². The number of hydrogen-bond donors (Lipinski definition) is 0. The summed E-state index contributed by atoms with van der Waals surface area (Å²) < 4.78 is 8.73. The molecule has 30 heavy (non-hydrogen) atoms. The second kappa shape index (κ2) is 8.95. The van der Waals surface area contributed by atoms with Crippen molar-refractivity contribution in [2.45, 2.75) is 103 Å². The topological polar surface area (TPSA) is 44.1 Å². The minimum atomic E-state index is -1.94. The molecule has 0 amide bonds. The molecule has 5 heteroatoms. The molecular formula is C25H40N2O2Si. The molecule has 4 nitrogen and oxygen atoms in total. The van der Waals surface area contributed by atoms with Crippen molar-refractivity contribution < 1.29 is 4.43 Å². The number of aromatic nitrogens is 2. The molecule has 0 saturated heterocycles. The van der Waals surface area contributed by atoms with Crippen LogP contribution in [0.5, 0.6) is 0 Å². The first-order valence-electron chi connectivity index (χ1n) is 11.8. The molecule has 1 fully saturated rings. The molecule has 0 radical (unpaired) electrons. The second-order valence-corrected chi connectivity index (χ2v) is 15.7. The van der Waals surface area contributed by atoms with Crippen LogP contribution in [0.1, 0.15) is 91.4 Å². The van der Waals surface area contributed by atoms with Crippen molar-refractivity contribution >= 4 is 19.2 Å². The summed E-state index contributed by atoms with van der Waals surface area (Å²) in [6.45, 7) is 18.6. The minimum absolute atomic E-state index is 0.0683. The van der Waals surface area contributed by atoms with Crippen LogP contribution < -0.4 is 5.43 Å². The van der Waals surface area contributed by atoms with Crippen molar-refractivity contribution in [2.24, 2.45) is 0 Å². The molecule has 1 saturated carbocycles. The van der Waals surface area contributed by atoms with Gasteiger partial charge in [-0.05, 0) is 66.9 Å². The molecular weight excluding hydrogens is 388 g/mol. The zero-order valence-corrected chi connectivity index (χ0v) is 21.2. The van der Waals surface area contributed by atoms with Crippen LogP contribution in [-0.2, 0) is 10.8 Å². The van der Waals surface area contributed by atoms with E-state index in [-0.39, 0.29) is 11.5 Å². The van der Waals surface area contributed by atoms with Crippen LogP contribution in [0.15, 0.2) is 23.0 Å². The van der Waals surface area contributed by atoms with Gasteiger partial charge in [0, 0.05) is 24.5 Å². The summed E-state index contributed by atoms with van der Waals surface area (Å²) in [5, 5.41) is 5.60. The molecule has 1 aliphatic rings. The lowest BCUT2D eigenvalue weighted by Gasteiger charge is -2.42. The summed E-state index contributed by atoms with van der Waals surface area (Å²) in [6, 6.07) is 6.56. The summed E-state index contributed by atoms with van der Waals surface area (Å²) in [4.78, 5) is 13.2. The molecule has 1 aromatic heterocycles. The van der Waals surface area contributed by atoms with Crippen molar-refractivity contribution in [2.75, 3.05) is 6.61 Å². The molecule has 0 spiro atoms. The zero-order valence-electron chi connectivity index (χ0n) is 20.2. The van der Waals surface area contributed by atoms with Crippen molar-refractivity contribution in [3.05, 3.63) is 39.7 Å². The van der Waals surface area contributed by atoms with Crippen LogP contribution in [-0.4, -0.2) is 24.7 Å². The normalized spacial score (nSPS) is 15.3. The average molecular weight is 429 g/mol. The standard InChI is InChI=1S/C25H40N2O2Si/c1-16(2)27-24-15-21(20-9-10-20)11-12-22(24)25(28)23(26-27)13-14-29-30(17(3)4,18(5)6)19(7)8/h11-12,15-20H,9-10,13-14H2,1-8H3. The van der Waals surface area contributed by atoms with E-state index in [0.717, 1.165) is 10.9 Å². The van der Waals surface area contributed by atoms with Crippen molar-refractivity contribution in [3.63, 3.8) is 0 Å². The Balaban J connectivity index is 1.92. The highest BCUT2D eigenvalue weighted by Gasteiger charge is 2.44. The van der Waals surface area contributed by atoms with Gasteiger partial charge in [-0.15, -0.1) is 0 Å². The quantitative estimate of drug-likeness (QED) is 0.423. The molecule has 3 rings (SSSR count). The third kappa shape index (κ3) is 4.29. The highest BCUT2D eigenvalue weighted by atomic mass is 28.4. The van der Waals surface area contributed by atoms with Gasteiger partial charge < -0.3 is 4.43 Å². The van der Waals surface area contributed by atoms with Gasteiger partial charge in [0.25, 0.3) is 0 Å². The Morgan fingerprint density at radius 1 is 1.03 bits per heavy atom. The molecule has 1 aliphatic carbocycles. The monoisotopic (exact) mass is 428 g/mol. The van der Waals surface area contributed by atoms with Gasteiger partial charge in [0.2, 0.25) is 5.43 Å². The first-order chi connectivity index (χ1) is 14.1. The number of benzene rings is 1. The SMILES string of the molecule is CC(C)n1nc(CCO[Si](C(C)C)(C(C)C)C(C)C)c(=O)c2ccc(C3CC3)cc21. The van der Waals surface area contributed by atoms with Gasteiger partial charge in [-0.1, -0.05) is 47.6 Å². The van der Waals surface area contributed by atoms with E-state index >= 15 is 0 Å². The zero-order chi connectivity index (χ0) is 22.2. The van der Waals surface area contributed by atoms with Crippen molar-refractivity contribution in [1.29, 1.82) is 0 Å². The van der Waals surface area contributed by atoms with Crippen LogP contribution in [0.25, 0.3) is 10.9 Å². The van der Waals surface area contributed by atoms with E-state index in [9.17, 15) is 4.79 Å². The van der Waals surface area contributed by atoms with Gasteiger partial charge >= 0.3 is 0 Å². The van der Waals surface area contributed by atoms with E-state index in [1.54, 1.807) is 0 Å². The van der Waals surface area contributed by atoms with E-state index in [4.69, 9.17) is 9.52 Å². The fraction of sp³-hybridized carbons (Fsp3) is 0.680. The fourth-order valence-corrected chi connectivity index (χ4v) is 10.8. The highest BCUT2D eigenvalue weighted by molar-refractivity contribution is 6.77. The smallest absolute Gasteiger partial charge is 0.211 e. The molecule has 0 N–H and O–H groups in total. The predicted molar refractivity (Wildman–Crippen MR) is 129 cm³/mol. The summed E-state index contributed by atoms with van der Waals surface area (Å²) in [5.74, 6) is 0.666. The Morgan fingerprint density at radius 3 is 2.13 bits per heavy atom. The second-order valence-electron chi connectivity index (χ2n) is 10.3. The Hall–Kier alpha value is -1.46. The van der Waals surface area contributed by atoms with E-state index in [2.05, 4.69) is 67.5 Å². The van der Waals surface area contributed by atoms with Gasteiger partial charge in [-0.3, -0.25) is 9.48 Å². The molecule has 0 unspecified atom stereocenters. The number of hydrogen-bond acceptors (Lipinski definition) is 3. The molecule has 1 aromatic carbocycles. The lowest BCUT2D eigenvalue weighted by Crippen LogP contribution is -2.48. The summed E-state index contributed by atoms with van der Waals surface area (Å²) in [5.41, 5.74) is 4.63. The van der Waals surface area contributed by atoms with Crippen LogP contribution >= 0.6 is 0 Å². The fourth-order valence-electron chi connectivity index (χ4n) is 5.37. The molecule has 0 bridgehead atoms. The van der Waals surface area contributed by atoms with E-state index < -0.39 is 8.32 Å². The van der Waals surface area contributed by atoms with Gasteiger partial charge in [-0.2, -0.15) is 5.10 Å². The van der Waals surface area contributed by atoms with E-state index in [0.29, 0.717) is 41.3 Å². The number of fused-ring (bicyclic) bond motifs is 1. The number of rotatable bonds is 9. The van der Waals surface area contributed by atoms with Gasteiger partial charge in [0.15, 0.2) is 8.32 Å². The van der Waals surface area contributed by atoms with Gasteiger partial charge in [0.1, 0.15) is 5.69 Å². The largest absolute Gasteiger partial charge is 0.416 e. The Kier molecular flexibility index (Phi) is 6.93. The van der Waals surface area contributed by atoms with Crippen LogP contribution in [0.4, 0.5) is 0 Å². The molecule has 166 valence electrons. The highest BCUT2D eigenvalue weighted by Crippen LogP contribution is 2.42. The third-order valence-electron chi connectivity index (χ3n) is 6.94. The van der Waals surface area contributed by atoms with Gasteiger partial charge in [0.05, 0.1) is 5.52 Å². The third-order valence-corrected chi connectivity index (χ3v) is 13.1. The Morgan fingerprint density at radius 2 is 1.63 bits per heavy atom. The van der Waals surface area contributed by atoms with Crippen molar-refractivity contribution in [3.8, 4) is 0 Å². The maximum absolute atomic E-state index is 13.2. The minimum Gasteiger partial charge on any atom is -0.416 e. The average Bonchev–Trinajstić information content (AvgIpc) is 3.50. The van der Waals surface area contributed by atoms with Crippen LogP contribution in [0, 0.1) is 0 Å². The van der Waals surface area contributed by atoms with Gasteiger partial charge in [-0.25, -0.2) is 0 Å². The molecule has 2 aromatic rings. The first-order valence-corrected chi connectivity index (χ1v) is 13.9. The predicted octanol–water partition coefficient (Wildman–Crippen LogP) is 6.59. The van der Waals surface area contributed by atoms with Crippen LogP contribution in [0.2, 0.25) is 16.6 Å². The Bertz CT molecular complexity index is 920. The maximum Gasteiger partial charge on any atom is 0.211 e. The number of nitrogens with zero attached hydrogens (tertiary/aromatic N) is 2. The lowest BCUT2D eigenvalue weighted by atomic mass is 10.1. The summed E-state index contributed by atoms with van der Waals surface area (Å²) in [7, 11) is -1.94. The molecule has 0 atom stereocenters. The van der Waals surface area contributed by atoms with Crippen LogP contribution in [0.3, 0.4) is 0 Å². The molecule has 0 aliphatic heterocycles. The van der Waals surface area contributed by atoms with E-state index in [1.165, 1.54) is 18.4 Å². The molecule has 1 heterocycles. The van der Waals surface area contributed by atoms with E-state index in [1.807, 2.05) is 10.7 Å². The Labute approximate surface area is 183 Å².